The Balaban J connectivity index is 1.56. The van der Waals surface area contributed by atoms with Gasteiger partial charge >= 0.3 is 0 Å². The second-order valence-electron chi connectivity index (χ2n) is 7.10. The molecule has 1 N–H and O–H groups in total. The second kappa shape index (κ2) is 7.11. The van der Waals surface area contributed by atoms with Crippen molar-refractivity contribution in [1.29, 1.82) is 0 Å². The van der Waals surface area contributed by atoms with E-state index >= 15 is 0 Å². The lowest BCUT2D eigenvalue weighted by atomic mass is 10.1. The van der Waals surface area contributed by atoms with Gasteiger partial charge in [0.25, 0.3) is 0 Å². The van der Waals surface area contributed by atoms with Gasteiger partial charge in [0.15, 0.2) is 5.65 Å². The van der Waals surface area contributed by atoms with E-state index in [1.54, 1.807) is 15.3 Å². The van der Waals surface area contributed by atoms with Crippen molar-refractivity contribution in [3.63, 3.8) is 0 Å². The molecule has 0 atom stereocenters. The predicted octanol–water partition coefficient (Wildman–Crippen LogP) is 3.30. The summed E-state index contributed by atoms with van der Waals surface area (Å²) in [6, 6.07) is 12.3. The fourth-order valence-corrected chi connectivity index (χ4v) is 3.43. The van der Waals surface area contributed by atoms with Crippen LogP contribution in [0.3, 0.4) is 0 Å². The minimum absolute atomic E-state index is 0.269. The van der Waals surface area contributed by atoms with Crippen LogP contribution in [0.1, 0.15) is 5.82 Å². The molecule has 0 saturated carbocycles. The molecule has 0 fully saturated rings. The van der Waals surface area contributed by atoms with E-state index in [-0.39, 0.29) is 5.82 Å². The zero-order valence-electron chi connectivity index (χ0n) is 16.5. The Morgan fingerprint density at radius 3 is 2.87 bits per heavy atom. The lowest BCUT2D eigenvalue weighted by Crippen LogP contribution is -2.17. The van der Waals surface area contributed by atoms with Crippen LogP contribution in [0.25, 0.3) is 28.3 Å². The molecule has 5 aromatic rings. The minimum atomic E-state index is -0.269. The Kier molecular flexibility index (Phi) is 4.27. The van der Waals surface area contributed by atoms with Crippen molar-refractivity contribution in [2.45, 2.75) is 6.54 Å². The number of anilines is 1. The van der Waals surface area contributed by atoms with Gasteiger partial charge in [0.1, 0.15) is 29.4 Å². The van der Waals surface area contributed by atoms with E-state index in [1.807, 2.05) is 55.7 Å². The molecular formula is C21H19FN8. The molecule has 0 amide bonds. The van der Waals surface area contributed by atoms with Crippen molar-refractivity contribution < 1.29 is 4.39 Å². The largest absolute Gasteiger partial charge is 0.367 e. The van der Waals surface area contributed by atoms with Gasteiger partial charge in [0.05, 0.1) is 12.2 Å². The Bertz CT molecular complexity index is 1330. The number of hydrogen-bond acceptors (Lipinski definition) is 5. The third-order valence-electron chi connectivity index (χ3n) is 4.91. The molecule has 8 nitrogen and oxygen atoms in total. The summed E-state index contributed by atoms with van der Waals surface area (Å²) >= 11 is 0. The number of aromatic nitrogens is 7. The number of hydrogen-bond donors (Lipinski definition) is 1. The molecule has 0 radical (unpaired) electrons. The average molecular weight is 402 g/mol. The monoisotopic (exact) mass is 402 g/mol. The van der Waals surface area contributed by atoms with Crippen LogP contribution in [0, 0.1) is 5.82 Å². The van der Waals surface area contributed by atoms with Crippen molar-refractivity contribution >= 4 is 11.3 Å². The number of imidazole rings is 1. The molecule has 0 spiro atoms. The first-order valence-corrected chi connectivity index (χ1v) is 9.42. The van der Waals surface area contributed by atoms with Gasteiger partial charge in [-0.2, -0.15) is 10.2 Å². The Morgan fingerprint density at radius 1 is 1.17 bits per heavy atom. The molecule has 0 unspecified atom stereocenters. The Labute approximate surface area is 171 Å². The summed E-state index contributed by atoms with van der Waals surface area (Å²) in [6.45, 7) is 0.481. The van der Waals surface area contributed by atoms with Gasteiger partial charge in [0.2, 0.25) is 0 Å². The highest BCUT2D eigenvalue weighted by molar-refractivity contribution is 5.76. The summed E-state index contributed by atoms with van der Waals surface area (Å²) in [5, 5.41) is 8.74. The second-order valence-corrected chi connectivity index (χ2v) is 7.10. The van der Waals surface area contributed by atoms with Crippen molar-refractivity contribution in [2.24, 2.45) is 7.05 Å². The third kappa shape index (κ3) is 3.30. The highest BCUT2D eigenvalue weighted by Gasteiger charge is 2.18. The molecule has 4 aromatic heterocycles. The molecule has 0 aliphatic rings. The first-order chi connectivity index (χ1) is 14.6. The van der Waals surface area contributed by atoms with E-state index in [0.29, 0.717) is 6.54 Å². The van der Waals surface area contributed by atoms with E-state index in [1.165, 1.54) is 18.5 Å². The molecule has 0 aliphatic carbocycles. The third-order valence-corrected chi connectivity index (χ3v) is 4.91. The Morgan fingerprint density at radius 2 is 2.07 bits per heavy atom. The quantitative estimate of drug-likeness (QED) is 0.488. The maximum absolute atomic E-state index is 13.6. The van der Waals surface area contributed by atoms with Crippen molar-refractivity contribution in [3.8, 4) is 22.6 Å². The fourth-order valence-electron chi connectivity index (χ4n) is 3.43. The summed E-state index contributed by atoms with van der Waals surface area (Å²) < 4.78 is 17.1. The number of H-pyrrole nitrogens is 1. The highest BCUT2D eigenvalue weighted by atomic mass is 19.1. The Hall–Kier alpha value is -4.01. The molecule has 30 heavy (non-hydrogen) atoms. The van der Waals surface area contributed by atoms with E-state index < -0.39 is 0 Å². The van der Waals surface area contributed by atoms with Crippen LogP contribution in [-0.4, -0.2) is 41.4 Å². The average Bonchev–Trinajstić information content (AvgIpc) is 3.46. The van der Waals surface area contributed by atoms with Crippen LogP contribution in [-0.2, 0) is 13.6 Å². The van der Waals surface area contributed by atoms with Gasteiger partial charge in [-0.05, 0) is 36.4 Å². The van der Waals surface area contributed by atoms with Gasteiger partial charge in [-0.3, -0.25) is 4.68 Å². The van der Waals surface area contributed by atoms with Crippen molar-refractivity contribution in [3.05, 3.63) is 72.8 Å². The summed E-state index contributed by atoms with van der Waals surface area (Å²) in [6.07, 6.45) is 5.31. The smallest absolute Gasteiger partial charge is 0.155 e. The normalized spacial score (nSPS) is 11.3. The number of pyridine rings is 1. The number of nitrogens with zero attached hydrogens (tertiary/aromatic N) is 7. The molecule has 5 rings (SSSR count). The number of aromatic amines is 1. The summed E-state index contributed by atoms with van der Waals surface area (Å²) in [5.41, 5.74) is 4.81. The first-order valence-electron chi connectivity index (χ1n) is 9.42. The van der Waals surface area contributed by atoms with E-state index in [4.69, 9.17) is 4.98 Å². The summed E-state index contributed by atoms with van der Waals surface area (Å²) in [4.78, 5) is 14.4. The van der Waals surface area contributed by atoms with Crippen LogP contribution in [0.4, 0.5) is 10.1 Å². The SMILES string of the molecule is CN(Cc1nc(-c2ccn(C)n2)c(-c2ccc3ncnn3c2)[nH]1)c1cccc(F)c1. The van der Waals surface area contributed by atoms with Crippen LogP contribution in [0.5, 0.6) is 0 Å². The van der Waals surface area contributed by atoms with Gasteiger partial charge < -0.3 is 9.88 Å². The maximum atomic E-state index is 13.6. The number of aryl methyl sites for hydroxylation is 1. The molecule has 1 aromatic carbocycles. The first kappa shape index (κ1) is 18.0. The zero-order chi connectivity index (χ0) is 20.7. The topological polar surface area (TPSA) is 79.9 Å². The number of fused-ring (bicyclic) bond motifs is 1. The molecular weight excluding hydrogens is 383 g/mol. The predicted molar refractivity (Wildman–Crippen MR) is 111 cm³/mol. The van der Waals surface area contributed by atoms with Crippen molar-refractivity contribution in [2.75, 3.05) is 11.9 Å². The minimum Gasteiger partial charge on any atom is -0.367 e. The molecule has 4 heterocycles. The molecule has 150 valence electrons. The van der Waals surface area contributed by atoms with Gasteiger partial charge in [-0.1, -0.05) is 6.07 Å². The molecule has 9 heteroatoms. The van der Waals surface area contributed by atoms with Crippen molar-refractivity contribution in [1.82, 2.24) is 34.3 Å². The van der Waals surface area contributed by atoms with Crippen LogP contribution in [0.15, 0.2) is 61.2 Å². The van der Waals surface area contributed by atoms with Crippen LogP contribution < -0.4 is 4.90 Å². The molecule has 0 aliphatic heterocycles. The summed E-state index contributed by atoms with van der Waals surface area (Å²) in [5.74, 6) is 0.478. The number of rotatable bonds is 5. The van der Waals surface area contributed by atoms with Gasteiger partial charge in [0, 0.05) is 37.7 Å². The van der Waals surface area contributed by atoms with Gasteiger partial charge in [-0.25, -0.2) is 18.9 Å². The lowest BCUT2D eigenvalue weighted by Gasteiger charge is -2.17. The van der Waals surface area contributed by atoms with E-state index in [2.05, 4.69) is 20.2 Å². The number of benzene rings is 1. The highest BCUT2D eigenvalue weighted by Crippen LogP contribution is 2.30. The van der Waals surface area contributed by atoms with Crippen LogP contribution >= 0.6 is 0 Å². The molecule has 0 bridgehead atoms. The van der Waals surface area contributed by atoms with Crippen LogP contribution in [0.2, 0.25) is 0 Å². The standard InChI is InChI=1S/C21H19FN8/c1-28(16-5-3-4-15(22)10-16)12-18-25-20(21(26-18)17-8-9-29(2)27-17)14-6-7-19-23-13-24-30(19)11-14/h3-11,13H,12H2,1-2H3,(H,25,26). The molecule has 0 saturated heterocycles. The van der Waals surface area contributed by atoms with E-state index in [0.717, 1.165) is 39.8 Å². The van der Waals surface area contributed by atoms with Gasteiger partial charge in [-0.15, -0.1) is 0 Å². The fraction of sp³-hybridized carbons (Fsp3) is 0.143. The lowest BCUT2D eigenvalue weighted by molar-refractivity contribution is 0.627. The summed E-state index contributed by atoms with van der Waals surface area (Å²) in [7, 11) is 3.77. The zero-order valence-corrected chi connectivity index (χ0v) is 16.5. The number of halogens is 1. The number of nitrogens with one attached hydrogen (secondary N) is 1. The maximum Gasteiger partial charge on any atom is 0.155 e. The van der Waals surface area contributed by atoms with E-state index in [9.17, 15) is 4.39 Å².